The number of nitrogens with zero attached hydrogens (tertiary/aromatic N) is 5. The highest BCUT2D eigenvalue weighted by molar-refractivity contribution is 5.43. The fourth-order valence-electron chi connectivity index (χ4n) is 2.11. The highest BCUT2D eigenvalue weighted by Gasteiger charge is 2.08. The molecule has 0 atom stereocenters. The molecule has 0 unspecified atom stereocenters. The van der Waals surface area contributed by atoms with Crippen LogP contribution in [-0.4, -0.2) is 38.2 Å². The first-order valence-electron chi connectivity index (χ1n) is 6.19. The Morgan fingerprint density at radius 1 is 1.06 bits per heavy atom. The van der Waals surface area contributed by atoms with Gasteiger partial charge in [0.2, 0.25) is 0 Å². The van der Waals surface area contributed by atoms with Crippen LogP contribution in [0.4, 0.5) is 0 Å². The van der Waals surface area contributed by atoms with E-state index in [4.69, 9.17) is 0 Å². The molecule has 0 saturated carbocycles. The van der Waals surface area contributed by atoms with Crippen molar-refractivity contribution in [3.63, 3.8) is 0 Å². The summed E-state index contributed by atoms with van der Waals surface area (Å²) in [6, 6.07) is 9.91. The van der Waals surface area contributed by atoms with Crippen LogP contribution in [-0.2, 0) is 0 Å². The minimum absolute atomic E-state index is 0.758. The van der Waals surface area contributed by atoms with E-state index in [1.165, 1.54) is 12.8 Å². The molecule has 1 saturated heterocycles. The van der Waals surface area contributed by atoms with Gasteiger partial charge in [-0.05, 0) is 35.4 Å². The third kappa shape index (κ3) is 2.25. The van der Waals surface area contributed by atoms with Gasteiger partial charge in [0, 0.05) is 25.4 Å². The zero-order chi connectivity index (χ0) is 12.2. The van der Waals surface area contributed by atoms with Crippen LogP contribution < -0.4 is 0 Å². The van der Waals surface area contributed by atoms with Crippen molar-refractivity contribution in [2.45, 2.75) is 12.8 Å². The molecule has 1 aliphatic heterocycles. The standard InChI is InChI=1S/C13H15N5/c1-2-6-12(7-3-1)18-13(14-15-16-18)8-11-17-9-4-5-10-17/h1-3,6-8,11H,4-5,9-10H2/b11-8+. The molecule has 0 spiro atoms. The molecule has 1 aromatic heterocycles. The molecule has 0 radical (unpaired) electrons. The van der Waals surface area contributed by atoms with Crippen LogP contribution in [0.3, 0.4) is 0 Å². The number of benzene rings is 1. The summed E-state index contributed by atoms with van der Waals surface area (Å²) in [4.78, 5) is 2.30. The van der Waals surface area contributed by atoms with E-state index in [2.05, 4.69) is 26.6 Å². The summed E-state index contributed by atoms with van der Waals surface area (Å²) in [5.74, 6) is 0.758. The molecule has 1 fully saturated rings. The van der Waals surface area contributed by atoms with Crippen molar-refractivity contribution in [1.82, 2.24) is 25.1 Å². The van der Waals surface area contributed by atoms with Crippen molar-refractivity contribution in [2.75, 3.05) is 13.1 Å². The van der Waals surface area contributed by atoms with Gasteiger partial charge in [-0.2, -0.15) is 4.68 Å². The molecule has 0 aliphatic carbocycles. The Hall–Kier alpha value is -2.17. The van der Waals surface area contributed by atoms with Gasteiger partial charge in [0.1, 0.15) is 0 Å². The largest absolute Gasteiger partial charge is 0.377 e. The van der Waals surface area contributed by atoms with Crippen molar-refractivity contribution in [2.24, 2.45) is 0 Å². The first-order chi connectivity index (χ1) is 8.93. The van der Waals surface area contributed by atoms with Crippen LogP contribution in [0.1, 0.15) is 18.7 Å². The van der Waals surface area contributed by atoms with E-state index in [0.29, 0.717) is 0 Å². The molecule has 1 aliphatic rings. The first kappa shape index (κ1) is 11.0. The lowest BCUT2D eigenvalue weighted by atomic mass is 10.3. The quantitative estimate of drug-likeness (QED) is 0.821. The van der Waals surface area contributed by atoms with Gasteiger partial charge in [-0.15, -0.1) is 5.10 Å². The summed E-state index contributed by atoms with van der Waals surface area (Å²) in [5, 5.41) is 11.8. The second kappa shape index (κ2) is 5.00. The van der Waals surface area contributed by atoms with Crippen molar-refractivity contribution in [3.05, 3.63) is 42.4 Å². The molecule has 2 aromatic rings. The summed E-state index contributed by atoms with van der Waals surface area (Å²) < 4.78 is 1.74. The average Bonchev–Trinajstić information content (AvgIpc) is 3.09. The Kier molecular flexibility index (Phi) is 3.04. The molecule has 3 rings (SSSR count). The highest BCUT2D eigenvalue weighted by atomic mass is 15.5. The Labute approximate surface area is 106 Å². The maximum absolute atomic E-state index is 4.04. The molecule has 0 bridgehead atoms. The van der Waals surface area contributed by atoms with E-state index < -0.39 is 0 Å². The number of tetrazole rings is 1. The predicted molar refractivity (Wildman–Crippen MR) is 69.0 cm³/mol. The minimum Gasteiger partial charge on any atom is -0.377 e. The van der Waals surface area contributed by atoms with Gasteiger partial charge in [0.05, 0.1) is 5.69 Å². The molecule has 18 heavy (non-hydrogen) atoms. The first-order valence-corrected chi connectivity index (χ1v) is 6.19. The second-order valence-corrected chi connectivity index (χ2v) is 4.34. The normalized spacial score (nSPS) is 15.7. The van der Waals surface area contributed by atoms with Gasteiger partial charge in [-0.1, -0.05) is 18.2 Å². The maximum atomic E-state index is 4.04. The van der Waals surface area contributed by atoms with E-state index in [1.807, 2.05) is 36.4 Å². The third-order valence-electron chi connectivity index (χ3n) is 3.07. The number of likely N-dealkylation sites (tertiary alicyclic amines) is 1. The third-order valence-corrected chi connectivity index (χ3v) is 3.07. The highest BCUT2D eigenvalue weighted by Crippen LogP contribution is 2.11. The van der Waals surface area contributed by atoms with Crippen molar-refractivity contribution in [1.29, 1.82) is 0 Å². The summed E-state index contributed by atoms with van der Waals surface area (Å²) in [5.41, 5.74) is 0.976. The SMILES string of the molecule is C(=C\N1CCCC1)/c1nnnn1-c1ccccc1. The number of rotatable bonds is 3. The predicted octanol–water partition coefficient (Wildman–Crippen LogP) is 1.73. The van der Waals surface area contributed by atoms with Gasteiger partial charge in [0.25, 0.3) is 0 Å². The molecular weight excluding hydrogens is 226 g/mol. The lowest BCUT2D eigenvalue weighted by Crippen LogP contribution is -2.10. The molecule has 92 valence electrons. The van der Waals surface area contributed by atoms with E-state index in [1.54, 1.807) is 4.68 Å². The van der Waals surface area contributed by atoms with E-state index in [-0.39, 0.29) is 0 Å². The number of aromatic nitrogens is 4. The maximum Gasteiger partial charge on any atom is 0.181 e. The summed E-state index contributed by atoms with van der Waals surface area (Å²) in [7, 11) is 0. The van der Waals surface area contributed by atoms with Crippen LogP contribution >= 0.6 is 0 Å². The van der Waals surface area contributed by atoms with Gasteiger partial charge < -0.3 is 4.90 Å². The Bertz CT molecular complexity index is 525. The number of para-hydroxylation sites is 1. The lowest BCUT2D eigenvalue weighted by Gasteiger charge is -2.09. The topological polar surface area (TPSA) is 46.8 Å². The van der Waals surface area contributed by atoms with Gasteiger partial charge >= 0.3 is 0 Å². The van der Waals surface area contributed by atoms with Gasteiger partial charge in [-0.25, -0.2) is 0 Å². The Morgan fingerprint density at radius 3 is 2.61 bits per heavy atom. The van der Waals surface area contributed by atoms with Crippen LogP contribution in [0.5, 0.6) is 0 Å². The molecule has 0 amide bonds. The van der Waals surface area contributed by atoms with Crippen LogP contribution in [0.15, 0.2) is 36.5 Å². The van der Waals surface area contributed by atoms with Crippen molar-refractivity contribution < 1.29 is 0 Å². The monoisotopic (exact) mass is 241 g/mol. The zero-order valence-corrected chi connectivity index (χ0v) is 10.1. The Balaban J connectivity index is 1.83. The minimum atomic E-state index is 0.758. The van der Waals surface area contributed by atoms with E-state index in [0.717, 1.165) is 24.6 Å². The Morgan fingerprint density at radius 2 is 1.83 bits per heavy atom. The molecule has 5 nitrogen and oxygen atoms in total. The molecule has 1 aromatic carbocycles. The van der Waals surface area contributed by atoms with Crippen molar-refractivity contribution in [3.8, 4) is 5.69 Å². The van der Waals surface area contributed by atoms with Gasteiger partial charge in [0.15, 0.2) is 5.82 Å². The molecular formula is C13H15N5. The number of hydrogen-bond donors (Lipinski definition) is 0. The van der Waals surface area contributed by atoms with E-state index >= 15 is 0 Å². The van der Waals surface area contributed by atoms with Crippen molar-refractivity contribution >= 4 is 6.08 Å². The van der Waals surface area contributed by atoms with Crippen LogP contribution in [0.2, 0.25) is 0 Å². The summed E-state index contributed by atoms with van der Waals surface area (Å²) >= 11 is 0. The lowest BCUT2D eigenvalue weighted by molar-refractivity contribution is 0.470. The number of hydrogen-bond acceptors (Lipinski definition) is 4. The fourth-order valence-corrected chi connectivity index (χ4v) is 2.11. The molecule has 2 heterocycles. The van der Waals surface area contributed by atoms with E-state index in [9.17, 15) is 0 Å². The second-order valence-electron chi connectivity index (χ2n) is 4.34. The van der Waals surface area contributed by atoms with Crippen LogP contribution in [0.25, 0.3) is 11.8 Å². The zero-order valence-electron chi connectivity index (χ0n) is 10.1. The average molecular weight is 241 g/mol. The summed E-state index contributed by atoms with van der Waals surface area (Å²) in [6.07, 6.45) is 6.60. The summed E-state index contributed by atoms with van der Waals surface area (Å²) in [6.45, 7) is 2.26. The van der Waals surface area contributed by atoms with Gasteiger partial charge in [-0.3, -0.25) is 0 Å². The van der Waals surface area contributed by atoms with Crippen LogP contribution in [0, 0.1) is 0 Å². The fraction of sp³-hybridized carbons (Fsp3) is 0.308. The molecule has 5 heteroatoms. The smallest absolute Gasteiger partial charge is 0.181 e. The molecule has 0 N–H and O–H groups in total.